The number of hydrogen-bond donors (Lipinski definition) is 0. The van der Waals surface area contributed by atoms with Gasteiger partial charge in [0.05, 0.1) is 0 Å². The normalized spacial score (nSPS) is 20.3. The second kappa shape index (κ2) is 8.41. The van der Waals surface area contributed by atoms with Crippen molar-refractivity contribution in [1.82, 2.24) is 14.7 Å². The van der Waals surface area contributed by atoms with Crippen LogP contribution in [0.4, 0.5) is 0 Å². The Balaban J connectivity index is 1.32. The van der Waals surface area contributed by atoms with Gasteiger partial charge in [0.1, 0.15) is 0 Å². The van der Waals surface area contributed by atoms with Crippen LogP contribution in [0.1, 0.15) is 25.3 Å². The molecule has 27 heavy (non-hydrogen) atoms. The van der Waals surface area contributed by atoms with Crippen LogP contribution in [0, 0.1) is 5.92 Å². The van der Waals surface area contributed by atoms with Gasteiger partial charge in [0.25, 0.3) is 0 Å². The molecular weight excluding hydrogens is 334 g/mol. The third-order valence-corrected chi connectivity index (χ3v) is 6.34. The zero-order valence-electron chi connectivity index (χ0n) is 16.4. The Labute approximate surface area is 162 Å². The summed E-state index contributed by atoms with van der Waals surface area (Å²) in [5.74, 6) is 0.623. The Morgan fingerprint density at radius 1 is 0.889 bits per heavy atom. The first-order chi connectivity index (χ1) is 13.2. The zero-order chi connectivity index (χ0) is 18.6. The lowest BCUT2D eigenvalue weighted by molar-refractivity contribution is -0.138. The molecule has 2 saturated heterocycles. The van der Waals surface area contributed by atoms with E-state index in [2.05, 4.69) is 64.1 Å². The molecule has 0 bridgehead atoms. The molecule has 2 aromatic rings. The average molecular weight is 366 g/mol. The van der Waals surface area contributed by atoms with Crippen molar-refractivity contribution < 1.29 is 4.79 Å². The van der Waals surface area contributed by atoms with E-state index in [0.717, 1.165) is 65.2 Å². The van der Waals surface area contributed by atoms with Crippen molar-refractivity contribution in [3.63, 3.8) is 0 Å². The van der Waals surface area contributed by atoms with Crippen molar-refractivity contribution in [2.75, 3.05) is 45.8 Å². The molecular formula is C23H31N3O. The van der Waals surface area contributed by atoms with E-state index in [1.165, 1.54) is 16.3 Å². The number of piperidine rings is 1. The third-order valence-electron chi connectivity index (χ3n) is 6.34. The second-order valence-corrected chi connectivity index (χ2v) is 7.95. The van der Waals surface area contributed by atoms with Crippen LogP contribution in [-0.2, 0) is 11.3 Å². The van der Waals surface area contributed by atoms with E-state index >= 15 is 0 Å². The predicted octanol–water partition coefficient (Wildman–Crippen LogP) is 3.22. The smallest absolute Gasteiger partial charge is 0.225 e. The maximum Gasteiger partial charge on any atom is 0.225 e. The molecule has 4 rings (SSSR count). The highest BCUT2D eigenvalue weighted by Gasteiger charge is 2.30. The van der Waals surface area contributed by atoms with E-state index in [4.69, 9.17) is 0 Å². The fourth-order valence-electron chi connectivity index (χ4n) is 4.55. The summed E-state index contributed by atoms with van der Waals surface area (Å²) >= 11 is 0. The van der Waals surface area contributed by atoms with Crippen molar-refractivity contribution in [2.24, 2.45) is 5.92 Å². The van der Waals surface area contributed by atoms with Crippen LogP contribution in [-0.4, -0.2) is 66.4 Å². The Kier molecular flexibility index (Phi) is 5.74. The van der Waals surface area contributed by atoms with Gasteiger partial charge in [0.15, 0.2) is 0 Å². The van der Waals surface area contributed by atoms with Gasteiger partial charge in [0, 0.05) is 38.6 Å². The number of nitrogens with zero attached hydrogens (tertiary/aromatic N) is 3. The van der Waals surface area contributed by atoms with E-state index < -0.39 is 0 Å². The molecule has 0 spiro atoms. The molecule has 2 heterocycles. The molecule has 2 aromatic carbocycles. The average Bonchev–Trinajstić information content (AvgIpc) is 2.74. The Morgan fingerprint density at radius 3 is 2.33 bits per heavy atom. The zero-order valence-corrected chi connectivity index (χ0v) is 16.4. The van der Waals surface area contributed by atoms with Gasteiger partial charge in [-0.25, -0.2) is 0 Å². The summed E-state index contributed by atoms with van der Waals surface area (Å²) < 4.78 is 0. The lowest BCUT2D eigenvalue weighted by Gasteiger charge is -2.38. The highest BCUT2D eigenvalue weighted by atomic mass is 16.2. The topological polar surface area (TPSA) is 26.8 Å². The summed E-state index contributed by atoms with van der Waals surface area (Å²) in [6.07, 6.45) is 2.00. The van der Waals surface area contributed by atoms with E-state index in [1.807, 2.05) is 0 Å². The molecule has 0 atom stereocenters. The lowest BCUT2D eigenvalue weighted by atomic mass is 9.94. The number of amides is 1. The number of rotatable bonds is 4. The van der Waals surface area contributed by atoms with Gasteiger partial charge in [-0.15, -0.1) is 0 Å². The number of benzene rings is 2. The molecule has 4 nitrogen and oxygen atoms in total. The maximum atomic E-state index is 12.9. The quantitative estimate of drug-likeness (QED) is 0.832. The molecule has 2 fully saturated rings. The summed E-state index contributed by atoms with van der Waals surface area (Å²) in [6.45, 7) is 10.2. The summed E-state index contributed by atoms with van der Waals surface area (Å²) in [5.41, 5.74) is 1.40. The SMILES string of the molecule is CCN1CCN(C(=O)C2CCN(Cc3cccc4ccccc34)CC2)CC1. The summed E-state index contributed by atoms with van der Waals surface area (Å²) in [5, 5.41) is 2.67. The summed E-state index contributed by atoms with van der Waals surface area (Å²) in [6, 6.07) is 15.2. The first kappa shape index (κ1) is 18.5. The monoisotopic (exact) mass is 365 g/mol. The molecule has 2 aliphatic heterocycles. The number of carbonyl (C=O) groups is 1. The standard InChI is InChI=1S/C23H31N3O/c1-2-24-14-16-26(17-15-24)23(27)20-10-12-25(13-11-20)18-21-8-5-7-19-6-3-4-9-22(19)21/h3-9,20H,2,10-18H2,1H3. The highest BCUT2D eigenvalue weighted by Crippen LogP contribution is 2.24. The Morgan fingerprint density at radius 2 is 1.59 bits per heavy atom. The predicted molar refractivity (Wildman–Crippen MR) is 111 cm³/mol. The van der Waals surface area contributed by atoms with Gasteiger partial charge in [-0.3, -0.25) is 9.69 Å². The minimum absolute atomic E-state index is 0.224. The molecule has 0 radical (unpaired) electrons. The fourth-order valence-corrected chi connectivity index (χ4v) is 4.55. The first-order valence-electron chi connectivity index (χ1n) is 10.4. The van der Waals surface area contributed by atoms with Crippen LogP contribution < -0.4 is 0 Å². The molecule has 0 saturated carbocycles. The minimum atomic E-state index is 0.224. The number of piperazine rings is 1. The summed E-state index contributed by atoms with van der Waals surface area (Å²) in [7, 11) is 0. The Bertz CT molecular complexity index is 769. The van der Waals surface area contributed by atoms with Crippen LogP contribution in [0.25, 0.3) is 10.8 Å². The van der Waals surface area contributed by atoms with Crippen molar-refractivity contribution in [3.8, 4) is 0 Å². The number of likely N-dealkylation sites (tertiary alicyclic amines) is 1. The van der Waals surface area contributed by atoms with Crippen LogP contribution in [0.15, 0.2) is 42.5 Å². The molecule has 4 heteroatoms. The molecule has 144 valence electrons. The van der Waals surface area contributed by atoms with Crippen molar-refractivity contribution in [2.45, 2.75) is 26.3 Å². The van der Waals surface area contributed by atoms with Crippen molar-refractivity contribution >= 4 is 16.7 Å². The molecule has 0 aromatic heterocycles. The van der Waals surface area contributed by atoms with E-state index in [1.54, 1.807) is 0 Å². The van der Waals surface area contributed by atoms with Gasteiger partial charge in [-0.05, 0) is 48.8 Å². The fraction of sp³-hybridized carbons (Fsp3) is 0.522. The van der Waals surface area contributed by atoms with Crippen LogP contribution >= 0.6 is 0 Å². The minimum Gasteiger partial charge on any atom is -0.340 e. The van der Waals surface area contributed by atoms with Crippen molar-refractivity contribution in [3.05, 3.63) is 48.0 Å². The van der Waals surface area contributed by atoms with E-state index in [9.17, 15) is 4.79 Å². The van der Waals surface area contributed by atoms with Gasteiger partial charge in [-0.2, -0.15) is 0 Å². The maximum absolute atomic E-state index is 12.9. The highest BCUT2D eigenvalue weighted by molar-refractivity contribution is 5.85. The number of hydrogen-bond acceptors (Lipinski definition) is 3. The molecule has 0 aliphatic carbocycles. The number of carbonyl (C=O) groups excluding carboxylic acids is 1. The van der Waals surface area contributed by atoms with Gasteiger partial charge in [-0.1, -0.05) is 49.4 Å². The van der Waals surface area contributed by atoms with E-state index in [-0.39, 0.29) is 5.92 Å². The molecule has 0 unspecified atom stereocenters. The van der Waals surface area contributed by atoms with Crippen LogP contribution in [0.2, 0.25) is 0 Å². The molecule has 1 amide bonds. The Hall–Kier alpha value is -1.91. The number of fused-ring (bicyclic) bond motifs is 1. The lowest BCUT2D eigenvalue weighted by Crippen LogP contribution is -2.51. The second-order valence-electron chi connectivity index (χ2n) is 7.95. The largest absolute Gasteiger partial charge is 0.340 e. The van der Waals surface area contributed by atoms with Crippen molar-refractivity contribution in [1.29, 1.82) is 0 Å². The van der Waals surface area contributed by atoms with Gasteiger partial charge in [0.2, 0.25) is 5.91 Å². The van der Waals surface area contributed by atoms with E-state index in [0.29, 0.717) is 5.91 Å². The molecule has 0 N–H and O–H groups in total. The third kappa shape index (κ3) is 4.17. The van der Waals surface area contributed by atoms with Crippen LogP contribution in [0.3, 0.4) is 0 Å². The van der Waals surface area contributed by atoms with Gasteiger partial charge < -0.3 is 9.80 Å². The van der Waals surface area contributed by atoms with Gasteiger partial charge >= 0.3 is 0 Å². The van der Waals surface area contributed by atoms with Crippen LogP contribution in [0.5, 0.6) is 0 Å². The number of likely N-dealkylation sites (N-methyl/N-ethyl adjacent to an activating group) is 1. The molecule has 2 aliphatic rings. The summed E-state index contributed by atoms with van der Waals surface area (Å²) in [4.78, 5) is 19.9. The first-order valence-corrected chi connectivity index (χ1v) is 10.4.